The number of nitrogens with two attached hydrogens (primary N) is 1. The third-order valence-corrected chi connectivity index (χ3v) is 5.95. The lowest BCUT2D eigenvalue weighted by Crippen LogP contribution is -2.48. The van der Waals surface area contributed by atoms with E-state index in [9.17, 15) is 13.2 Å². The predicted octanol–water partition coefficient (Wildman–Crippen LogP) is 1.41. The lowest BCUT2D eigenvalue weighted by molar-refractivity contribution is -0.132. The maximum Gasteiger partial charge on any atom is 0.246 e. The SMILES string of the molecule is Cc1noc(C)c1S(=O)(=O)NC(C)C(=O)N(CCN)CCc1ccccc1.Cl. The second kappa shape index (κ2) is 10.6. The zero-order chi connectivity index (χ0) is 20.0. The summed E-state index contributed by atoms with van der Waals surface area (Å²) in [5, 5.41) is 3.66. The van der Waals surface area contributed by atoms with Crippen molar-refractivity contribution in [3.05, 3.63) is 47.3 Å². The number of halogens is 1. The third-order valence-electron chi connectivity index (χ3n) is 4.16. The number of nitrogens with one attached hydrogen (secondary N) is 1. The van der Waals surface area contributed by atoms with Gasteiger partial charge >= 0.3 is 0 Å². The summed E-state index contributed by atoms with van der Waals surface area (Å²) in [5.41, 5.74) is 6.97. The van der Waals surface area contributed by atoms with Crippen LogP contribution in [0.2, 0.25) is 0 Å². The summed E-state index contributed by atoms with van der Waals surface area (Å²) in [6.07, 6.45) is 0.663. The number of benzene rings is 1. The topological polar surface area (TPSA) is 119 Å². The maximum absolute atomic E-state index is 12.8. The van der Waals surface area contributed by atoms with E-state index < -0.39 is 16.1 Å². The van der Waals surface area contributed by atoms with Crippen molar-refractivity contribution in [3.8, 4) is 0 Å². The highest BCUT2D eigenvalue weighted by Gasteiger charge is 2.29. The third kappa shape index (κ3) is 6.03. The van der Waals surface area contributed by atoms with Gasteiger partial charge < -0.3 is 15.2 Å². The van der Waals surface area contributed by atoms with Crippen LogP contribution in [0.5, 0.6) is 0 Å². The van der Waals surface area contributed by atoms with Crippen molar-refractivity contribution >= 4 is 28.3 Å². The monoisotopic (exact) mass is 430 g/mol. The molecule has 2 rings (SSSR count). The normalized spacial score (nSPS) is 12.3. The van der Waals surface area contributed by atoms with Gasteiger partial charge in [0.15, 0.2) is 5.76 Å². The van der Waals surface area contributed by atoms with E-state index in [1.807, 2.05) is 30.3 Å². The van der Waals surface area contributed by atoms with Gasteiger partial charge in [0, 0.05) is 19.6 Å². The van der Waals surface area contributed by atoms with Crippen molar-refractivity contribution in [3.63, 3.8) is 0 Å². The van der Waals surface area contributed by atoms with Gasteiger partial charge in [0.25, 0.3) is 0 Å². The first-order valence-electron chi connectivity index (χ1n) is 8.74. The first-order valence-corrected chi connectivity index (χ1v) is 10.2. The molecule has 1 unspecified atom stereocenters. The number of sulfonamides is 1. The molecule has 10 heteroatoms. The van der Waals surface area contributed by atoms with E-state index in [0.29, 0.717) is 26.1 Å². The molecule has 0 radical (unpaired) electrons. The predicted molar refractivity (Wildman–Crippen MR) is 109 cm³/mol. The molecule has 156 valence electrons. The number of amides is 1. The van der Waals surface area contributed by atoms with Gasteiger partial charge in [-0.05, 0) is 32.8 Å². The van der Waals surface area contributed by atoms with Crippen LogP contribution in [0.4, 0.5) is 0 Å². The number of hydrogen-bond acceptors (Lipinski definition) is 6. The van der Waals surface area contributed by atoms with E-state index in [2.05, 4.69) is 9.88 Å². The van der Waals surface area contributed by atoms with Crippen LogP contribution in [0.15, 0.2) is 39.8 Å². The largest absolute Gasteiger partial charge is 0.360 e. The van der Waals surface area contributed by atoms with Crippen molar-refractivity contribution in [2.24, 2.45) is 5.73 Å². The smallest absolute Gasteiger partial charge is 0.246 e. The Bertz CT molecular complexity index is 851. The zero-order valence-corrected chi connectivity index (χ0v) is 17.8. The van der Waals surface area contributed by atoms with Gasteiger partial charge in [0.05, 0.1) is 6.04 Å². The zero-order valence-electron chi connectivity index (χ0n) is 16.2. The molecule has 0 saturated carbocycles. The average molecular weight is 431 g/mol. The maximum atomic E-state index is 12.8. The molecule has 0 bridgehead atoms. The summed E-state index contributed by atoms with van der Waals surface area (Å²) in [6, 6.07) is 8.82. The van der Waals surface area contributed by atoms with Crippen LogP contribution in [-0.2, 0) is 21.2 Å². The Hall–Kier alpha value is -1.94. The van der Waals surface area contributed by atoms with Gasteiger partial charge in [-0.1, -0.05) is 35.5 Å². The van der Waals surface area contributed by atoms with E-state index in [1.165, 1.54) is 20.8 Å². The van der Waals surface area contributed by atoms with Crippen molar-refractivity contribution in [1.82, 2.24) is 14.8 Å². The van der Waals surface area contributed by atoms with E-state index in [1.54, 1.807) is 4.90 Å². The molecule has 1 aromatic carbocycles. The molecule has 0 aliphatic carbocycles. The summed E-state index contributed by atoms with van der Waals surface area (Å²) in [7, 11) is -3.92. The van der Waals surface area contributed by atoms with E-state index in [0.717, 1.165) is 5.56 Å². The molecule has 0 saturated heterocycles. The van der Waals surface area contributed by atoms with Crippen LogP contribution in [0.1, 0.15) is 23.9 Å². The average Bonchev–Trinajstić information content (AvgIpc) is 2.97. The van der Waals surface area contributed by atoms with Crippen molar-refractivity contribution in [2.45, 2.75) is 38.1 Å². The minimum atomic E-state index is -3.92. The van der Waals surface area contributed by atoms with E-state index in [4.69, 9.17) is 10.3 Å². The Kier molecular flexibility index (Phi) is 9.09. The molecule has 8 nitrogen and oxygen atoms in total. The molecule has 1 atom stereocenters. The van der Waals surface area contributed by atoms with Crippen LogP contribution in [-0.4, -0.2) is 50.1 Å². The van der Waals surface area contributed by atoms with Gasteiger partial charge in [0.1, 0.15) is 10.6 Å². The summed E-state index contributed by atoms with van der Waals surface area (Å²) in [5.74, 6) is -0.144. The first-order chi connectivity index (χ1) is 12.8. The lowest BCUT2D eigenvalue weighted by Gasteiger charge is -2.25. The standard InChI is InChI=1S/C18H26N4O4S.ClH/c1-13-17(15(3)26-20-13)27(24,25)21-14(2)18(23)22(12-10-19)11-9-16-7-5-4-6-8-16;/h4-8,14,21H,9-12,19H2,1-3H3;1H. The van der Waals surface area contributed by atoms with Crippen molar-refractivity contribution in [1.29, 1.82) is 0 Å². The fourth-order valence-corrected chi connectivity index (χ4v) is 4.40. The van der Waals surface area contributed by atoms with Crippen LogP contribution < -0.4 is 10.5 Å². The molecular formula is C18H27ClN4O4S. The highest BCUT2D eigenvalue weighted by molar-refractivity contribution is 7.89. The van der Waals surface area contributed by atoms with Crippen molar-refractivity contribution < 1.29 is 17.7 Å². The highest BCUT2D eigenvalue weighted by atomic mass is 35.5. The van der Waals surface area contributed by atoms with E-state index in [-0.39, 0.29) is 34.7 Å². The van der Waals surface area contributed by atoms with Crippen LogP contribution in [0, 0.1) is 13.8 Å². The minimum absolute atomic E-state index is 0. The summed E-state index contributed by atoms with van der Waals surface area (Å²) in [4.78, 5) is 14.3. The molecular weight excluding hydrogens is 404 g/mol. The fraction of sp³-hybridized carbons (Fsp3) is 0.444. The Morgan fingerprint density at radius 1 is 1.25 bits per heavy atom. The van der Waals surface area contributed by atoms with Gasteiger partial charge in [-0.2, -0.15) is 4.72 Å². The number of carbonyl (C=O) groups is 1. The van der Waals surface area contributed by atoms with Gasteiger partial charge in [-0.3, -0.25) is 4.79 Å². The van der Waals surface area contributed by atoms with Gasteiger partial charge in [-0.15, -0.1) is 12.4 Å². The van der Waals surface area contributed by atoms with E-state index >= 15 is 0 Å². The molecule has 1 aromatic heterocycles. The van der Waals surface area contributed by atoms with Crippen molar-refractivity contribution in [2.75, 3.05) is 19.6 Å². The number of hydrogen-bond donors (Lipinski definition) is 2. The molecule has 3 N–H and O–H groups in total. The summed E-state index contributed by atoms with van der Waals surface area (Å²) in [6.45, 7) is 5.67. The Morgan fingerprint density at radius 3 is 2.43 bits per heavy atom. The number of carbonyl (C=O) groups excluding carboxylic acids is 1. The Balaban J connectivity index is 0.00000392. The quantitative estimate of drug-likeness (QED) is 0.620. The molecule has 0 aliphatic heterocycles. The highest BCUT2D eigenvalue weighted by Crippen LogP contribution is 2.19. The van der Waals surface area contributed by atoms with Crippen LogP contribution in [0.25, 0.3) is 0 Å². The second-order valence-corrected chi connectivity index (χ2v) is 8.00. The molecule has 2 aromatic rings. The van der Waals surface area contributed by atoms with Crippen LogP contribution in [0.3, 0.4) is 0 Å². The van der Waals surface area contributed by atoms with Gasteiger partial charge in [0.2, 0.25) is 15.9 Å². The summed E-state index contributed by atoms with van der Waals surface area (Å²) >= 11 is 0. The molecule has 0 fully saturated rings. The molecule has 28 heavy (non-hydrogen) atoms. The first kappa shape index (κ1) is 24.1. The number of rotatable bonds is 9. The Labute approximate surface area is 171 Å². The summed E-state index contributed by atoms with van der Waals surface area (Å²) < 4.78 is 32.5. The fourth-order valence-electron chi connectivity index (χ4n) is 2.87. The van der Waals surface area contributed by atoms with Crippen LogP contribution >= 0.6 is 12.4 Å². The minimum Gasteiger partial charge on any atom is -0.360 e. The molecule has 1 heterocycles. The number of aryl methyl sites for hydroxylation is 2. The second-order valence-electron chi connectivity index (χ2n) is 6.35. The molecule has 1 amide bonds. The molecule has 0 spiro atoms. The number of aromatic nitrogens is 1. The Morgan fingerprint density at radius 2 is 1.89 bits per heavy atom. The molecule has 0 aliphatic rings. The lowest BCUT2D eigenvalue weighted by atomic mass is 10.1. The number of nitrogens with zero attached hydrogens (tertiary/aromatic N) is 2. The van der Waals surface area contributed by atoms with Gasteiger partial charge in [-0.25, -0.2) is 8.42 Å².